The Hall–Kier alpha value is -1.76. The third-order valence-electron chi connectivity index (χ3n) is 4.35. The number of hydrogen-bond acceptors (Lipinski definition) is 5. The van der Waals surface area contributed by atoms with Crippen LogP contribution in [0, 0.1) is 0 Å². The van der Waals surface area contributed by atoms with Crippen molar-refractivity contribution in [3.05, 3.63) is 30.0 Å². The molecule has 1 aromatic carbocycles. The van der Waals surface area contributed by atoms with Crippen molar-refractivity contribution in [2.45, 2.75) is 38.5 Å². The van der Waals surface area contributed by atoms with Crippen molar-refractivity contribution in [3.63, 3.8) is 0 Å². The predicted molar refractivity (Wildman–Crippen MR) is 98.4 cm³/mol. The lowest BCUT2D eigenvalue weighted by atomic mass is 10.1. The Balaban J connectivity index is 0.00000225. The molecule has 1 unspecified atom stereocenters. The predicted octanol–water partition coefficient (Wildman–Crippen LogP) is 2.81. The fraction of sp³-hybridized carbons (Fsp3) is 0.500. The zero-order chi connectivity index (χ0) is 17.1. The Morgan fingerprint density at radius 3 is 2.96 bits per heavy atom. The number of nitrogens with one attached hydrogen (secondary N) is 2. The van der Waals surface area contributed by atoms with Gasteiger partial charge in [0.05, 0.1) is 24.8 Å². The quantitative estimate of drug-likeness (QED) is 0.820. The molecule has 0 aliphatic carbocycles. The van der Waals surface area contributed by atoms with Crippen LogP contribution in [-0.4, -0.2) is 38.3 Å². The van der Waals surface area contributed by atoms with Gasteiger partial charge in [-0.15, -0.1) is 12.4 Å². The molecule has 7 heteroatoms. The maximum absolute atomic E-state index is 12.4. The summed E-state index contributed by atoms with van der Waals surface area (Å²) in [5.74, 6) is 1.40. The highest BCUT2D eigenvalue weighted by Crippen LogP contribution is 2.31. The number of fused-ring (bicyclic) bond motifs is 1. The van der Waals surface area contributed by atoms with Gasteiger partial charge in [-0.25, -0.2) is 0 Å². The summed E-state index contributed by atoms with van der Waals surface area (Å²) >= 11 is 0. The first-order valence-electron chi connectivity index (χ1n) is 8.34. The standard InChI is InChI=1S/C18H24N2O4.ClH/c1-4-23-15-7-5-6-12-8-16(24-17(12)15)11(2)20-18(21)14-9-13(22-3)10-19-14;/h5-8,11,13-14,19H,4,9-10H2,1-3H3,(H,20,21);1H/t11?,13-,14+;/m0./s1. The minimum atomic E-state index is -0.222. The van der Waals surface area contributed by atoms with Crippen LogP contribution in [0.1, 0.15) is 32.1 Å². The van der Waals surface area contributed by atoms with Gasteiger partial charge in [0.1, 0.15) is 5.76 Å². The van der Waals surface area contributed by atoms with Crippen molar-refractivity contribution in [3.8, 4) is 5.75 Å². The molecule has 1 saturated heterocycles. The fourth-order valence-corrected chi connectivity index (χ4v) is 3.01. The first kappa shape index (κ1) is 19.6. The molecule has 6 nitrogen and oxygen atoms in total. The Morgan fingerprint density at radius 2 is 2.28 bits per heavy atom. The lowest BCUT2D eigenvalue weighted by Gasteiger charge is -2.15. The van der Waals surface area contributed by atoms with Crippen LogP contribution in [0.5, 0.6) is 5.75 Å². The zero-order valence-electron chi connectivity index (χ0n) is 14.7. The van der Waals surface area contributed by atoms with E-state index in [1.807, 2.05) is 38.1 Å². The van der Waals surface area contributed by atoms with Gasteiger partial charge in [0, 0.05) is 19.0 Å². The summed E-state index contributed by atoms with van der Waals surface area (Å²) in [4.78, 5) is 12.4. The van der Waals surface area contributed by atoms with Crippen molar-refractivity contribution in [2.24, 2.45) is 0 Å². The van der Waals surface area contributed by atoms with Crippen LogP contribution in [0.4, 0.5) is 0 Å². The minimum absolute atomic E-state index is 0. The van der Waals surface area contributed by atoms with Crippen molar-refractivity contribution in [1.82, 2.24) is 10.6 Å². The highest BCUT2D eigenvalue weighted by molar-refractivity contribution is 5.85. The van der Waals surface area contributed by atoms with E-state index in [-0.39, 0.29) is 36.5 Å². The van der Waals surface area contributed by atoms with Crippen LogP contribution in [-0.2, 0) is 9.53 Å². The van der Waals surface area contributed by atoms with Crippen LogP contribution < -0.4 is 15.4 Å². The second-order valence-electron chi connectivity index (χ2n) is 6.04. The number of para-hydroxylation sites is 1. The zero-order valence-corrected chi connectivity index (χ0v) is 15.5. The lowest BCUT2D eigenvalue weighted by Crippen LogP contribution is -2.41. The van der Waals surface area contributed by atoms with E-state index in [2.05, 4.69) is 10.6 Å². The molecule has 0 radical (unpaired) electrons. The molecule has 2 N–H and O–H groups in total. The second-order valence-corrected chi connectivity index (χ2v) is 6.04. The van der Waals surface area contributed by atoms with E-state index in [1.54, 1.807) is 7.11 Å². The molecule has 1 fully saturated rings. The van der Waals surface area contributed by atoms with E-state index >= 15 is 0 Å². The van der Waals surface area contributed by atoms with E-state index in [1.165, 1.54) is 0 Å². The van der Waals surface area contributed by atoms with Gasteiger partial charge < -0.3 is 24.5 Å². The highest BCUT2D eigenvalue weighted by atomic mass is 35.5. The van der Waals surface area contributed by atoms with Crippen LogP contribution in [0.3, 0.4) is 0 Å². The smallest absolute Gasteiger partial charge is 0.237 e. The average Bonchev–Trinajstić information content (AvgIpc) is 3.22. The first-order chi connectivity index (χ1) is 11.6. The molecule has 138 valence electrons. The summed E-state index contributed by atoms with van der Waals surface area (Å²) in [5.41, 5.74) is 0.717. The molecule has 25 heavy (non-hydrogen) atoms. The minimum Gasteiger partial charge on any atom is -0.490 e. The number of furan rings is 1. The Bertz CT molecular complexity index is 718. The highest BCUT2D eigenvalue weighted by Gasteiger charge is 2.30. The molecule has 0 saturated carbocycles. The molecule has 3 atom stereocenters. The lowest BCUT2D eigenvalue weighted by molar-refractivity contribution is -0.123. The van der Waals surface area contributed by atoms with E-state index in [4.69, 9.17) is 13.9 Å². The van der Waals surface area contributed by atoms with Gasteiger partial charge in [-0.2, -0.15) is 0 Å². The largest absolute Gasteiger partial charge is 0.490 e. The SMILES string of the molecule is CCOc1cccc2cc(C(C)NC(=O)[C@H]3C[C@H](OC)CN3)oc12.Cl. The maximum atomic E-state index is 12.4. The van der Waals surface area contributed by atoms with Gasteiger partial charge in [0.2, 0.25) is 5.91 Å². The Labute approximate surface area is 153 Å². The van der Waals surface area contributed by atoms with Crippen LogP contribution >= 0.6 is 12.4 Å². The van der Waals surface area contributed by atoms with Gasteiger partial charge in [-0.05, 0) is 32.4 Å². The van der Waals surface area contributed by atoms with E-state index in [9.17, 15) is 4.79 Å². The molecule has 2 heterocycles. The van der Waals surface area contributed by atoms with Gasteiger partial charge >= 0.3 is 0 Å². The number of methoxy groups -OCH3 is 1. The normalized spacial score (nSPS) is 20.9. The molecular weight excluding hydrogens is 344 g/mol. The number of hydrogen-bond donors (Lipinski definition) is 2. The molecule has 1 aliphatic heterocycles. The van der Waals surface area contributed by atoms with E-state index in [0.717, 1.165) is 11.1 Å². The third-order valence-corrected chi connectivity index (χ3v) is 4.35. The first-order valence-corrected chi connectivity index (χ1v) is 8.34. The number of ether oxygens (including phenoxy) is 2. The summed E-state index contributed by atoms with van der Waals surface area (Å²) in [5, 5.41) is 7.15. The van der Waals surface area contributed by atoms with Crippen molar-refractivity contribution in [1.29, 1.82) is 0 Å². The number of benzene rings is 1. The van der Waals surface area contributed by atoms with Crippen molar-refractivity contribution in [2.75, 3.05) is 20.3 Å². The topological polar surface area (TPSA) is 72.7 Å². The number of carbonyl (C=O) groups excluding carboxylic acids is 1. The molecule has 1 aromatic heterocycles. The molecular formula is C18H25ClN2O4. The van der Waals surface area contributed by atoms with E-state index in [0.29, 0.717) is 30.9 Å². The summed E-state index contributed by atoms with van der Waals surface area (Å²) in [6.45, 7) is 5.13. The molecule has 2 aromatic rings. The van der Waals surface area contributed by atoms with Crippen LogP contribution in [0.25, 0.3) is 11.0 Å². The second kappa shape index (κ2) is 8.56. The number of carbonyl (C=O) groups is 1. The molecule has 0 spiro atoms. The summed E-state index contributed by atoms with van der Waals surface area (Å²) in [6.07, 6.45) is 0.778. The van der Waals surface area contributed by atoms with E-state index < -0.39 is 0 Å². The number of halogens is 1. The molecule has 1 amide bonds. The van der Waals surface area contributed by atoms with Crippen molar-refractivity contribution < 1.29 is 18.7 Å². The van der Waals surface area contributed by atoms with Gasteiger partial charge in [0.25, 0.3) is 0 Å². The monoisotopic (exact) mass is 368 g/mol. The number of rotatable bonds is 6. The molecule has 0 bridgehead atoms. The summed E-state index contributed by atoms with van der Waals surface area (Å²) in [6, 6.07) is 7.30. The van der Waals surface area contributed by atoms with Crippen LogP contribution in [0.15, 0.2) is 28.7 Å². The average molecular weight is 369 g/mol. The van der Waals surface area contributed by atoms with Crippen molar-refractivity contribution >= 4 is 29.3 Å². The number of amides is 1. The molecule has 3 rings (SSSR count). The maximum Gasteiger partial charge on any atom is 0.237 e. The Morgan fingerprint density at radius 1 is 1.48 bits per heavy atom. The third kappa shape index (κ3) is 4.26. The van der Waals surface area contributed by atoms with Gasteiger partial charge in [0.15, 0.2) is 11.3 Å². The van der Waals surface area contributed by atoms with Gasteiger partial charge in [-0.3, -0.25) is 4.79 Å². The summed E-state index contributed by atoms with van der Waals surface area (Å²) < 4.78 is 16.8. The fourth-order valence-electron chi connectivity index (χ4n) is 3.01. The molecule has 1 aliphatic rings. The van der Waals surface area contributed by atoms with Gasteiger partial charge in [-0.1, -0.05) is 12.1 Å². The Kier molecular flexibility index (Phi) is 6.70. The van der Waals surface area contributed by atoms with Crippen LogP contribution in [0.2, 0.25) is 0 Å². The summed E-state index contributed by atoms with van der Waals surface area (Å²) in [7, 11) is 1.67.